The third-order valence-electron chi connectivity index (χ3n) is 4.16. The van der Waals surface area contributed by atoms with Crippen molar-refractivity contribution in [3.05, 3.63) is 0 Å². The molecule has 2 rings (SSSR count). The average molecular weight is 287 g/mol. The topological polar surface area (TPSA) is 67.6 Å². The maximum atomic E-state index is 11.9. The van der Waals surface area contributed by atoms with Crippen molar-refractivity contribution in [3.8, 4) is 0 Å². The molecule has 2 heterocycles. The second-order valence-corrected chi connectivity index (χ2v) is 6.59. The first-order valence-corrected chi connectivity index (χ1v) is 8.22. The summed E-state index contributed by atoms with van der Waals surface area (Å²) in [6.45, 7) is 6.58. The monoisotopic (exact) mass is 287 g/mol. The van der Waals surface area contributed by atoms with E-state index in [0.717, 1.165) is 45.0 Å². The lowest BCUT2D eigenvalue weighted by Crippen LogP contribution is -2.59. The molecule has 2 fully saturated rings. The minimum atomic E-state index is -0.101. The number of amides is 1. The normalized spacial score (nSPS) is 30.2. The Kier molecular flexibility index (Phi) is 5.50. The van der Waals surface area contributed by atoms with E-state index in [1.54, 1.807) is 0 Å². The number of rotatable bonds is 5. The van der Waals surface area contributed by atoms with Gasteiger partial charge in [0, 0.05) is 43.4 Å². The molecule has 0 aromatic carbocycles. The van der Waals surface area contributed by atoms with Gasteiger partial charge in [0.2, 0.25) is 5.91 Å². The third kappa shape index (κ3) is 3.62. The molecule has 6 heteroatoms. The largest absolute Gasteiger partial charge is 0.379 e. The van der Waals surface area contributed by atoms with Gasteiger partial charge in [-0.25, -0.2) is 0 Å². The Balaban J connectivity index is 1.93. The van der Waals surface area contributed by atoms with Crippen LogP contribution in [0.5, 0.6) is 0 Å². The first-order chi connectivity index (χ1) is 9.18. The highest BCUT2D eigenvalue weighted by Gasteiger charge is 2.40. The summed E-state index contributed by atoms with van der Waals surface area (Å²) in [5.41, 5.74) is 5.66. The predicted molar refractivity (Wildman–Crippen MR) is 78.3 cm³/mol. The van der Waals surface area contributed by atoms with Crippen molar-refractivity contribution in [1.29, 1.82) is 0 Å². The Morgan fingerprint density at radius 3 is 2.84 bits per heavy atom. The van der Waals surface area contributed by atoms with E-state index < -0.39 is 0 Å². The Morgan fingerprint density at radius 1 is 1.53 bits per heavy atom. The van der Waals surface area contributed by atoms with Crippen LogP contribution in [0.25, 0.3) is 0 Å². The number of ether oxygens (including phenoxy) is 1. The van der Waals surface area contributed by atoms with E-state index in [1.165, 1.54) is 5.75 Å². The van der Waals surface area contributed by atoms with E-state index in [0.29, 0.717) is 6.54 Å². The van der Waals surface area contributed by atoms with Crippen molar-refractivity contribution >= 4 is 17.7 Å². The summed E-state index contributed by atoms with van der Waals surface area (Å²) in [6.07, 6.45) is 1.15. The molecule has 2 saturated heterocycles. The van der Waals surface area contributed by atoms with Gasteiger partial charge < -0.3 is 15.8 Å². The van der Waals surface area contributed by atoms with Crippen molar-refractivity contribution < 1.29 is 9.53 Å². The maximum absolute atomic E-state index is 11.9. The van der Waals surface area contributed by atoms with Crippen LogP contribution >= 0.6 is 11.8 Å². The van der Waals surface area contributed by atoms with Gasteiger partial charge in [0.15, 0.2) is 0 Å². The molecular weight excluding hydrogens is 262 g/mol. The molecule has 0 aromatic rings. The second kappa shape index (κ2) is 6.92. The lowest BCUT2D eigenvalue weighted by atomic mass is 9.95. The zero-order valence-corrected chi connectivity index (χ0v) is 12.5. The molecule has 5 nitrogen and oxygen atoms in total. The number of nitrogens with two attached hydrogens (primary N) is 1. The van der Waals surface area contributed by atoms with Crippen LogP contribution in [0.2, 0.25) is 0 Å². The zero-order valence-electron chi connectivity index (χ0n) is 11.7. The number of carbonyl (C=O) groups excluding carboxylic acids is 1. The minimum absolute atomic E-state index is 0.0760. The van der Waals surface area contributed by atoms with Gasteiger partial charge in [-0.3, -0.25) is 9.69 Å². The van der Waals surface area contributed by atoms with E-state index >= 15 is 0 Å². The van der Waals surface area contributed by atoms with Crippen LogP contribution in [-0.2, 0) is 9.53 Å². The van der Waals surface area contributed by atoms with Crippen LogP contribution in [-0.4, -0.2) is 67.2 Å². The first kappa shape index (κ1) is 15.1. The number of nitrogens with one attached hydrogen (secondary N) is 1. The lowest BCUT2D eigenvalue weighted by molar-refractivity contribution is -0.125. The molecule has 3 N–H and O–H groups in total. The molecule has 110 valence electrons. The quantitative estimate of drug-likeness (QED) is 0.739. The van der Waals surface area contributed by atoms with E-state index in [-0.39, 0.29) is 17.4 Å². The van der Waals surface area contributed by atoms with Crippen LogP contribution in [0.3, 0.4) is 0 Å². The van der Waals surface area contributed by atoms with Gasteiger partial charge in [0.25, 0.3) is 0 Å². The smallest absolute Gasteiger partial charge is 0.224 e. The Morgan fingerprint density at radius 2 is 2.26 bits per heavy atom. The molecule has 19 heavy (non-hydrogen) atoms. The van der Waals surface area contributed by atoms with Gasteiger partial charge in [0.05, 0.1) is 13.2 Å². The summed E-state index contributed by atoms with van der Waals surface area (Å²) in [4.78, 5) is 14.4. The molecular formula is C13H25N3O2S. The summed E-state index contributed by atoms with van der Waals surface area (Å²) in [7, 11) is 0. The third-order valence-corrected chi connectivity index (χ3v) is 5.39. The zero-order chi connectivity index (χ0) is 13.7. The maximum Gasteiger partial charge on any atom is 0.224 e. The molecule has 2 unspecified atom stereocenters. The van der Waals surface area contributed by atoms with Gasteiger partial charge in [-0.05, 0) is 12.2 Å². The van der Waals surface area contributed by atoms with Gasteiger partial charge >= 0.3 is 0 Å². The predicted octanol–water partition coefficient (Wildman–Crippen LogP) is -0.0947. The molecule has 1 amide bonds. The van der Waals surface area contributed by atoms with Crippen molar-refractivity contribution in [1.82, 2.24) is 10.2 Å². The highest BCUT2D eigenvalue weighted by Crippen LogP contribution is 2.33. The molecule has 2 aliphatic rings. The summed E-state index contributed by atoms with van der Waals surface area (Å²) in [6, 6.07) is 0. The Bertz CT molecular complexity index is 302. The molecule has 2 aliphatic heterocycles. The van der Waals surface area contributed by atoms with Crippen LogP contribution in [0, 0.1) is 5.92 Å². The van der Waals surface area contributed by atoms with Crippen LogP contribution < -0.4 is 11.1 Å². The first-order valence-electron chi connectivity index (χ1n) is 7.06. The van der Waals surface area contributed by atoms with Crippen molar-refractivity contribution in [2.45, 2.75) is 18.9 Å². The lowest BCUT2D eigenvalue weighted by Gasteiger charge is -2.43. The fourth-order valence-electron chi connectivity index (χ4n) is 2.67. The van der Waals surface area contributed by atoms with E-state index in [2.05, 4.69) is 10.2 Å². The number of morpholine rings is 1. The van der Waals surface area contributed by atoms with E-state index in [9.17, 15) is 4.79 Å². The summed E-state index contributed by atoms with van der Waals surface area (Å²) in [5, 5.41) is 3.10. The number of hydrogen-bond acceptors (Lipinski definition) is 5. The van der Waals surface area contributed by atoms with E-state index in [1.807, 2.05) is 18.7 Å². The van der Waals surface area contributed by atoms with Crippen molar-refractivity contribution in [2.75, 3.05) is 50.9 Å². The fraction of sp³-hybridized carbons (Fsp3) is 0.923. The standard InChI is InChI=1S/C13H25N3O2S/c1-11(8-14)12(17)15-9-13(2-7-19-10-13)16-3-5-18-6-4-16/h11H,2-10,14H2,1H3,(H,15,17). The Labute approximate surface area is 119 Å². The molecule has 0 bridgehead atoms. The molecule has 2 atom stereocenters. The number of carbonyl (C=O) groups is 1. The summed E-state index contributed by atoms with van der Waals surface area (Å²) < 4.78 is 5.43. The van der Waals surface area contributed by atoms with Crippen molar-refractivity contribution in [2.24, 2.45) is 11.7 Å². The van der Waals surface area contributed by atoms with Gasteiger partial charge in [-0.15, -0.1) is 0 Å². The van der Waals surface area contributed by atoms with Gasteiger partial charge in [0.1, 0.15) is 0 Å². The second-order valence-electron chi connectivity index (χ2n) is 5.48. The SMILES string of the molecule is CC(CN)C(=O)NCC1(N2CCOCC2)CCSC1. The van der Waals surface area contributed by atoms with Crippen molar-refractivity contribution in [3.63, 3.8) is 0 Å². The van der Waals surface area contributed by atoms with Gasteiger partial charge in [-0.1, -0.05) is 6.92 Å². The minimum Gasteiger partial charge on any atom is -0.379 e. The number of thioether (sulfide) groups is 1. The van der Waals surface area contributed by atoms with Crippen LogP contribution in [0.4, 0.5) is 0 Å². The average Bonchev–Trinajstić information content (AvgIpc) is 2.95. The molecule has 0 saturated carbocycles. The molecule has 0 spiro atoms. The van der Waals surface area contributed by atoms with Crippen LogP contribution in [0.1, 0.15) is 13.3 Å². The molecule has 0 aromatic heterocycles. The van der Waals surface area contributed by atoms with E-state index in [4.69, 9.17) is 10.5 Å². The summed E-state index contributed by atoms with van der Waals surface area (Å²) in [5.74, 6) is 2.26. The Hall–Kier alpha value is -0.300. The van der Waals surface area contributed by atoms with Gasteiger partial charge in [-0.2, -0.15) is 11.8 Å². The fourth-order valence-corrected chi connectivity index (χ4v) is 4.15. The number of hydrogen-bond donors (Lipinski definition) is 2. The highest BCUT2D eigenvalue weighted by atomic mass is 32.2. The summed E-state index contributed by atoms with van der Waals surface area (Å²) >= 11 is 1.98. The van der Waals surface area contributed by atoms with Crippen LogP contribution in [0.15, 0.2) is 0 Å². The molecule has 0 aliphatic carbocycles. The number of nitrogens with zero attached hydrogens (tertiary/aromatic N) is 1. The highest BCUT2D eigenvalue weighted by molar-refractivity contribution is 7.99. The molecule has 0 radical (unpaired) electrons.